The summed E-state index contributed by atoms with van der Waals surface area (Å²) in [7, 11) is 0. The Morgan fingerprint density at radius 1 is 1.86 bits per heavy atom. The van der Waals surface area contributed by atoms with Gasteiger partial charge in [0.25, 0.3) is 0 Å². The van der Waals surface area contributed by atoms with E-state index in [0.717, 1.165) is 0 Å². The summed E-state index contributed by atoms with van der Waals surface area (Å²) in [6, 6.07) is 0. The maximum atomic E-state index is 10.2. The van der Waals surface area contributed by atoms with Crippen LogP contribution >= 0.6 is 0 Å². The number of hydrogen-bond acceptors (Lipinski definition) is 3. The fourth-order valence-corrected chi connectivity index (χ4v) is 0.213. The molecule has 0 heterocycles. The van der Waals surface area contributed by atoms with Crippen molar-refractivity contribution in [2.75, 3.05) is 6.54 Å². The van der Waals surface area contributed by atoms with Gasteiger partial charge in [0.1, 0.15) is 5.78 Å². The molecule has 0 aromatic carbocycles. The summed E-state index contributed by atoms with van der Waals surface area (Å²) in [4.78, 5) is 10.2. The smallest absolute Gasteiger partial charge is 0.148 e. The minimum Gasteiger partial charge on any atom is -0.316 e. The van der Waals surface area contributed by atoms with Gasteiger partial charge in [0.05, 0.1) is 6.54 Å². The first kappa shape index (κ1) is 6.59. The molecule has 3 heteroatoms. The Hall–Kier alpha value is -0.410. The molecule has 0 aliphatic heterocycles. The molecule has 2 N–H and O–H groups in total. The first-order valence-corrected chi connectivity index (χ1v) is 2.20. The molecule has 0 bridgehead atoms. The van der Waals surface area contributed by atoms with Gasteiger partial charge in [-0.15, -0.1) is 0 Å². The summed E-state index contributed by atoms with van der Waals surface area (Å²) in [5.41, 5.74) is 1.77. The molecule has 0 radical (unpaired) electrons. The van der Waals surface area contributed by atoms with Crippen molar-refractivity contribution < 1.29 is 10.0 Å². The van der Waals surface area contributed by atoms with E-state index in [0.29, 0.717) is 6.42 Å². The van der Waals surface area contributed by atoms with Crippen LogP contribution in [0.2, 0.25) is 0 Å². The maximum Gasteiger partial charge on any atom is 0.148 e. The van der Waals surface area contributed by atoms with Crippen molar-refractivity contribution in [3.05, 3.63) is 0 Å². The molecule has 0 amide bonds. The molecule has 0 aliphatic rings. The number of carbonyl (C=O) groups excluding carboxylic acids is 1. The average molecular weight is 103 g/mol. The van der Waals surface area contributed by atoms with Crippen LogP contribution in [0.15, 0.2) is 0 Å². The van der Waals surface area contributed by atoms with E-state index in [9.17, 15) is 4.79 Å². The number of nitrogens with one attached hydrogen (secondary N) is 1. The van der Waals surface area contributed by atoms with Crippen molar-refractivity contribution >= 4 is 5.78 Å². The third-order valence-electron chi connectivity index (χ3n) is 0.671. The van der Waals surface area contributed by atoms with Crippen LogP contribution in [0.3, 0.4) is 0 Å². The summed E-state index contributed by atoms with van der Waals surface area (Å²) in [5, 5.41) is 7.90. The SMILES string of the molecule is CCC(=O)CNO. The molecule has 0 unspecified atom stereocenters. The molecule has 0 aromatic rings. The highest BCUT2D eigenvalue weighted by Crippen LogP contribution is 1.74. The van der Waals surface area contributed by atoms with Crippen molar-refractivity contribution in [3.8, 4) is 0 Å². The summed E-state index contributed by atoms with van der Waals surface area (Å²) >= 11 is 0. The van der Waals surface area contributed by atoms with Gasteiger partial charge in [0.2, 0.25) is 0 Å². The van der Waals surface area contributed by atoms with Crippen molar-refractivity contribution in [3.63, 3.8) is 0 Å². The standard InChI is InChI=1S/C4H9NO2/c1-2-4(6)3-5-7/h5,7H,2-3H2,1H3. The number of ketones is 1. The highest BCUT2D eigenvalue weighted by molar-refractivity contribution is 5.79. The van der Waals surface area contributed by atoms with Gasteiger partial charge in [-0.05, 0) is 0 Å². The number of Topliss-reactive ketones (excluding diaryl/α,β-unsaturated/α-hetero) is 1. The zero-order chi connectivity index (χ0) is 5.70. The Labute approximate surface area is 42.3 Å². The fraction of sp³-hybridized carbons (Fsp3) is 0.750. The lowest BCUT2D eigenvalue weighted by molar-refractivity contribution is -0.119. The first-order chi connectivity index (χ1) is 3.31. The molecular formula is C4H9NO2. The van der Waals surface area contributed by atoms with Gasteiger partial charge in [0, 0.05) is 6.42 Å². The third-order valence-corrected chi connectivity index (χ3v) is 0.671. The monoisotopic (exact) mass is 103 g/mol. The fourth-order valence-electron chi connectivity index (χ4n) is 0.213. The van der Waals surface area contributed by atoms with Gasteiger partial charge < -0.3 is 5.21 Å². The molecule has 0 atom stereocenters. The molecular weight excluding hydrogens is 94.0 g/mol. The van der Waals surface area contributed by atoms with Gasteiger partial charge in [-0.1, -0.05) is 6.92 Å². The Morgan fingerprint density at radius 3 is 2.57 bits per heavy atom. The zero-order valence-corrected chi connectivity index (χ0v) is 4.27. The first-order valence-electron chi connectivity index (χ1n) is 2.20. The minimum absolute atomic E-state index is 0.0162. The van der Waals surface area contributed by atoms with Crippen molar-refractivity contribution in [1.82, 2.24) is 5.48 Å². The van der Waals surface area contributed by atoms with E-state index in [4.69, 9.17) is 5.21 Å². The van der Waals surface area contributed by atoms with Crippen molar-refractivity contribution in [2.45, 2.75) is 13.3 Å². The van der Waals surface area contributed by atoms with E-state index in [1.54, 1.807) is 12.4 Å². The molecule has 0 spiro atoms. The highest BCUT2D eigenvalue weighted by Gasteiger charge is 1.91. The molecule has 0 fully saturated rings. The van der Waals surface area contributed by atoms with E-state index >= 15 is 0 Å². The quantitative estimate of drug-likeness (QED) is 0.492. The summed E-state index contributed by atoms with van der Waals surface area (Å²) in [6.07, 6.45) is 0.480. The Morgan fingerprint density at radius 2 is 2.43 bits per heavy atom. The summed E-state index contributed by atoms with van der Waals surface area (Å²) in [5.74, 6) is 0.0162. The topological polar surface area (TPSA) is 49.3 Å². The third kappa shape index (κ3) is 3.42. The van der Waals surface area contributed by atoms with Crippen LogP contribution in [-0.4, -0.2) is 17.5 Å². The number of carbonyl (C=O) groups is 1. The van der Waals surface area contributed by atoms with Gasteiger partial charge in [-0.3, -0.25) is 4.79 Å². The van der Waals surface area contributed by atoms with Gasteiger partial charge in [-0.25, -0.2) is 0 Å². The second-order valence-electron chi connectivity index (χ2n) is 1.23. The molecule has 42 valence electrons. The predicted octanol–water partition coefficient (Wildman–Crippen LogP) is -0.0557. The number of hydrogen-bond donors (Lipinski definition) is 2. The zero-order valence-electron chi connectivity index (χ0n) is 4.27. The lowest BCUT2D eigenvalue weighted by atomic mass is 10.3. The van der Waals surface area contributed by atoms with Gasteiger partial charge in [0.15, 0.2) is 0 Å². The molecule has 3 nitrogen and oxygen atoms in total. The molecule has 0 aromatic heterocycles. The largest absolute Gasteiger partial charge is 0.316 e. The van der Waals surface area contributed by atoms with E-state index < -0.39 is 0 Å². The molecule has 0 aliphatic carbocycles. The van der Waals surface area contributed by atoms with E-state index in [1.807, 2.05) is 0 Å². The second kappa shape index (κ2) is 3.77. The second-order valence-corrected chi connectivity index (χ2v) is 1.23. The normalized spacial score (nSPS) is 8.86. The minimum atomic E-state index is 0.0162. The lowest BCUT2D eigenvalue weighted by Crippen LogP contribution is -2.17. The van der Waals surface area contributed by atoms with Crippen LogP contribution in [0.5, 0.6) is 0 Å². The Bertz CT molecular complexity index is 62.7. The summed E-state index contributed by atoms with van der Waals surface area (Å²) in [6.45, 7) is 1.82. The molecule has 0 rings (SSSR count). The lowest BCUT2D eigenvalue weighted by Gasteiger charge is -1.89. The average Bonchev–Trinajstić information content (AvgIpc) is 1.68. The molecule has 7 heavy (non-hydrogen) atoms. The number of hydroxylamine groups is 1. The van der Waals surface area contributed by atoms with Crippen molar-refractivity contribution in [2.24, 2.45) is 0 Å². The Balaban J connectivity index is 3.00. The van der Waals surface area contributed by atoms with E-state index in [-0.39, 0.29) is 12.3 Å². The van der Waals surface area contributed by atoms with Crippen LogP contribution in [0, 0.1) is 0 Å². The van der Waals surface area contributed by atoms with E-state index in [1.165, 1.54) is 0 Å². The molecule has 0 saturated carbocycles. The molecule has 0 saturated heterocycles. The van der Waals surface area contributed by atoms with Crippen LogP contribution in [0.1, 0.15) is 13.3 Å². The Kier molecular flexibility index (Phi) is 3.55. The summed E-state index contributed by atoms with van der Waals surface area (Å²) < 4.78 is 0. The highest BCUT2D eigenvalue weighted by atomic mass is 16.5. The predicted molar refractivity (Wildman–Crippen MR) is 25.1 cm³/mol. The number of rotatable bonds is 3. The van der Waals surface area contributed by atoms with Crippen LogP contribution in [0.4, 0.5) is 0 Å². The van der Waals surface area contributed by atoms with Crippen molar-refractivity contribution in [1.29, 1.82) is 0 Å². The van der Waals surface area contributed by atoms with E-state index in [2.05, 4.69) is 0 Å². The van der Waals surface area contributed by atoms with Gasteiger partial charge >= 0.3 is 0 Å². The van der Waals surface area contributed by atoms with Crippen LogP contribution < -0.4 is 5.48 Å². The van der Waals surface area contributed by atoms with Crippen LogP contribution in [-0.2, 0) is 4.79 Å². The van der Waals surface area contributed by atoms with Gasteiger partial charge in [-0.2, -0.15) is 5.48 Å². The van der Waals surface area contributed by atoms with Crippen LogP contribution in [0.25, 0.3) is 0 Å². The maximum absolute atomic E-state index is 10.2.